The van der Waals surface area contributed by atoms with E-state index in [9.17, 15) is 5.21 Å². The summed E-state index contributed by atoms with van der Waals surface area (Å²) in [6.45, 7) is 2.83. The fraction of sp³-hybridized carbons (Fsp3) is 0.364. The maximum absolute atomic E-state index is 9.34. The van der Waals surface area contributed by atoms with Crippen LogP contribution in [0.2, 0.25) is 0 Å². The molecule has 0 unspecified atom stereocenters. The van der Waals surface area contributed by atoms with Crippen LogP contribution < -0.4 is 0 Å². The molecule has 82 valence electrons. The number of hydrogen-bond donors (Lipinski definition) is 2. The van der Waals surface area contributed by atoms with Gasteiger partial charge in [-0.05, 0) is 12.5 Å². The van der Waals surface area contributed by atoms with Gasteiger partial charge in [0.25, 0.3) is 0 Å². The van der Waals surface area contributed by atoms with Crippen LogP contribution >= 0.6 is 0 Å². The number of nitrogens with zero attached hydrogens (tertiary/aromatic N) is 2. The second kappa shape index (κ2) is 5.36. The van der Waals surface area contributed by atoms with Crippen LogP contribution in [0.5, 0.6) is 0 Å². The fourth-order valence-electron chi connectivity index (χ4n) is 1.28. The first-order valence-corrected chi connectivity index (χ1v) is 4.95. The Morgan fingerprint density at radius 1 is 1.33 bits per heavy atom. The first-order chi connectivity index (χ1) is 7.15. The normalized spacial score (nSPS) is 9.80. The molecule has 1 rings (SSSR count). The number of guanidine groups is 1. The summed E-state index contributed by atoms with van der Waals surface area (Å²) in [6.07, 6.45) is 0. The lowest BCUT2D eigenvalue weighted by atomic mass is 10.2. The standard InChI is InChI=1S/C11H17N3O/c1-3-14(15)11(12)13(2)9-10-7-5-4-6-8-10/h4-8,12,15H,3,9H2,1-2H3. The average Bonchev–Trinajstić information content (AvgIpc) is 2.28. The molecule has 4 nitrogen and oxygen atoms in total. The predicted molar refractivity (Wildman–Crippen MR) is 59.8 cm³/mol. The summed E-state index contributed by atoms with van der Waals surface area (Å²) < 4.78 is 0. The largest absolute Gasteiger partial charge is 0.340 e. The molecule has 0 bridgehead atoms. The summed E-state index contributed by atoms with van der Waals surface area (Å²) in [4.78, 5) is 1.69. The zero-order valence-corrected chi connectivity index (χ0v) is 9.14. The van der Waals surface area contributed by atoms with Crippen LogP contribution in [0.1, 0.15) is 12.5 Å². The molecule has 0 atom stereocenters. The lowest BCUT2D eigenvalue weighted by Gasteiger charge is -2.25. The molecular weight excluding hydrogens is 190 g/mol. The van der Waals surface area contributed by atoms with Gasteiger partial charge in [-0.3, -0.25) is 10.6 Å². The first kappa shape index (κ1) is 11.5. The number of hydrogen-bond acceptors (Lipinski definition) is 2. The first-order valence-electron chi connectivity index (χ1n) is 4.95. The SMILES string of the molecule is CCN(O)C(=N)N(C)Cc1ccccc1. The third-order valence-corrected chi connectivity index (χ3v) is 2.17. The summed E-state index contributed by atoms with van der Waals surface area (Å²) >= 11 is 0. The minimum Gasteiger partial charge on any atom is -0.340 e. The lowest BCUT2D eigenvalue weighted by molar-refractivity contribution is -0.0234. The van der Waals surface area contributed by atoms with E-state index in [-0.39, 0.29) is 5.96 Å². The van der Waals surface area contributed by atoms with Gasteiger partial charge in [0.1, 0.15) is 0 Å². The molecule has 0 saturated heterocycles. The highest BCUT2D eigenvalue weighted by Crippen LogP contribution is 2.03. The van der Waals surface area contributed by atoms with Gasteiger partial charge in [-0.2, -0.15) is 0 Å². The second-order valence-electron chi connectivity index (χ2n) is 3.38. The highest BCUT2D eigenvalue weighted by atomic mass is 16.5. The maximum Gasteiger partial charge on any atom is 0.218 e. The lowest BCUT2D eigenvalue weighted by Crippen LogP contribution is -2.39. The number of benzene rings is 1. The van der Waals surface area contributed by atoms with Crippen LogP contribution in [0.4, 0.5) is 0 Å². The summed E-state index contributed by atoms with van der Waals surface area (Å²) in [7, 11) is 1.79. The van der Waals surface area contributed by atoms with Crippen LogP contribution in [0.3, 0.4) is 0 Å². The van der Waals surface area contributed by atoms with E-state index in [1.54, 1.807) is 18.9 Å². The minimum atomic E-state index is 0.112. The Balaban J connectivity index is 2.56. The second-order valence-corrected chi connectivity index (χ2v) is 3.38. The molecule has 0 aliphatic rings. The van der Waals surface area contributed by atoms with E-state index in [2.05, 4.69) is 0 Å². The smallest absolute Gasteiger partial charge is 0.218 e. The van der Waals surface area contributed by atoms with Gasteiger partial charge in [0.2, 0.25) is 5.96 Å². The van der Waals surface area contributed by atoms with Crippen molar-refractivity contribution >= 4 is 5.96 Å². The van der Waals surface area contributed by atoms with Gasteiger partial charge in [-0.1, -0.05) is 30.3 Å². The molecule has 1 aromatic rings. The molecule has 0 amide bonds. The van der Waals surface area contributed by atoms with Crippen molar-refractivity contribution in [2.45, 2.75) is 13.5 Å². The van der Waals surface area contributed by atoms with Gasteiger partial charge < -0.3 is 4.90 Å². The van der Waals surface area contributed by atoms with Crippen LogP contribution in [0.15, 0.2) is 30.3 Å². The van der Waals surface area contributed by atoms with Crippen molar-refractivity contribution in [3.63, 3.8) is 0 Å². The molecule has 0 heterocycles. The number of rotatable bonds is 3. The highest BCUT2D eigenvalue weighted by molar-refractivity contribution is 5.75. The molecule has 1 aromatic carbocycles. The van der Waals surface area contributed by atoms with Gasteiger partial charge in [0.15, 0.2) is 0 Å². The third-order valence-electron chi connectivity index (χ3n) is 2.17. The van der Waals surface area contributed by atoms with Crippen molar-refractivity contribution in [2.24, 2.45) is 0 Å². The van der Waals surface area contributed by atoms with E-state index in [0.717, 1.165) is 10.6 Å². The summed E-state index contributed by atoms with van der Waals surface area (Å²) in [5.41, 5.74) is 1.12. The molecule has 0 saturated carbocycles. The summed E-state index contributed by atoms with van der Waals surface area (Å²) in [5, 5.41) is 17.9. The molecular formula is C11H17N3O. The molecule has 0 spiro atoms. The van der Waals surface area contributed by atoms with Crippen molar-refractivity contribution in [3.05, 3.63) is 35.9 Å². The third kappa shape index (κ3) is 3.25. The van der Waals surface area contributed by atoms with Gasteiger partial charge in [0.05, 0.1) is 0 Å². The van der Waals surface area contributed by atoms with E-state index >= 15 is 0 Å². The molecule has 0 radical (unpaired) electrons. The van der Waals surface area contributed by atoms with Crippen molar-refractivity contribution in [1.82, 2.24) is 9.96 Å². The Morgan fingerprint density at radius 3 is 2.47 bits per heavy atom. The van der Waals surface area contributed by atoms with Crippen LogP contribution in [-0.4, -0.2) is 34.7 Å². The van der Waals surface area contributed by atoms with Crippen molar-refractivity contribution in [1.29, 1.82) is 5.41 Å². The Labute approximate surface area is 90.2 Å². The highest BCUT2D eigenvalue weighted by Gasteiger charge is 2.09. The van der Waals surface area contributed by atoms with E-state index in [4.69, 9.17) is 5.41 Å². The van der Waals surface area contributed by atoms with Crippen molar-refractivity contribution < 1.29 is 5.21 Å². The fourth-order valence-corrected chi connectivity index (χ4v) is 1.28. The summed E-state index contributed by atoms with van der Waals surface area (Å²) in [6, 6.07) is 9.88. The summed E-state index contributed by atoms with van der Waals surface area (Å²) in [5.74, 6) is 0.112. The Hall–Kier alpha value is -1.55. The molecule has 4 heteroatoms. The van der Waals surface area contributed by atoms with E-state index < -0.39 is 0 Å². The Kier molecular flexibility index (Phi) is 4.12. The Morgan fingerprint density at radius 2 is 1.93 bits per heavy atom. The van der Waals surface area contributed by atoms with Crippen molar-refractivity contribution in [2.75, 3.05) is 13.6 Å². The van der Waals surface area contributed by atoms with Gasteiger partial charge in [-0.25, -0.2) is 5.06 Å². The zero-order valence-electron chi connectivity index (χ0n) is 9.14. The quantitative estimate of drug-likeness (QED) is 0.451. The van der Waals surface area contributed by atoms with Crippen LogP contribution in [0, 0.1) is 5.41 Å². The van der Waals surface area contributed by atoms with Crippen LogP contribution in [-0.2, 0) is 6.54 Å². The van der Waals surface area contributed by atoms with Gasteiger partial charge in [0, 0.05) is 20.1 Å². The van der Waals surface area contributed by atoms with Crippen LogP contribution in [0.25, 0.3) is 0 Å². The average molecular weight is 207 g/mol. The van der Waals surface area contributed by atoms with E-state index in [1.165, 1.54) is 0 Å². The molecule has 0 aliphatic carbocycles. The molecule has 0 aromatic heterocycles. The number of hydroxylamine groups is 2. The van der Waals surface area contributed by atoms with E-state index in [0.29, 0.717) is 13.1 Å². The monoisotopic (exact) mass is 207 g/mol. The Bertz CT molecular complexity index is 313. The molecule has 0 fully saturated rings. The number of nitrogens with one attached hydrogen (secondary N) is 1. The predicted octanol–water partition coefficient (Wildman–Crippen LogP) is 1.76. The van der Waals surface area contributed by atoms with Gasteiger partial charge >= 0.3 is 0 Å². The minimum absolute atomic E-state index is 0.112. The zero-order chi connectivity index (χ0) is 11.3. The molecule has 15 heavy (non-hydrogen) atoms. The van der Waals surface area contributed by atoms with Crippen molar-refractivity contribution in [3.8, 4) is 0 Å². The maximum atomic E-state index is 9.34. The topological polar surface area (TPSA) is 50.6 Å². The van der Waals surface area contributed by atoms with Gasteiger partial charge in [-0.15, -0.1) is 0 Å². The molecule has 2 N–H and O–H groups in total. The van der Waals surface area contributed by atoms with E-state index in [1.807, 2.05) is 30.3 Å². The molecule has 0 aliphatic heterocycles.